The molecule has 0 atom stereocenters. The lowest BCUT2D eigenvalue weighted by Crippen LogP contribution is -2.17. The lowest BCUT2D eigenvalue weighted by Gasteiger charge is -2.08. The third-order valence-corrected chi connectivity index (χ3v) is 6.36. The molecule has 0 radical (unpaired) electrons. The van der Waals surface area contributed by atoms with Crippen molar-refractivity contribution in [3.05, 3.63) is 59.7 Å². The second-order valence-corrected chi connectivity index (χ2v) is 19.3. The fraction of sp³-hybridized carbons (Fsp3) is 0.231. The van der Waals surface area contributed by atoms with Gasteiger partial charge in [-0.2, -0.15) is 0 Å². The molecule has 2 nitrogen and oxygen atoms in total. The van der Waals surface area contributed by atoms with E-state index in [0.29, 0.717) is 0 Å². The summed E-state index contributed by atoms with van der Waals surface area (Å²) in [5.41, 5.74) is 12.5. The summed E-state index contributed by atoms with van der Waals surface area (Å²) in [4.78, 5) is 9.93. The summed E-state index contributed by atoms with van der Waals surface area (Å²) in [5.74, 6) is 6.84. The molecular formula is C26H26N2Si2. The highest BCUT2D eigenvalue weighted by molar-refractivity contribution is 6.84. The molecule has 3 aromatic carbocycles. The van der Waals surface area contributed by atoms with Crippen molar-refractivity contribution < 1.29 is 0 Å². The van der Waals surface area contributed by atoms with Gasteiger partial charge >= 0.3 is 0 Å². The van der Waals surface area contributed by atoms with Crippen molar-refractivity contribution in [3.63, 3.8) is 0 Å². The van der Waals surface area contributed by atoms with Crippen molar-refractivity contribution in [1.82, 2.24) is 9.97 Å². The van der Waals surface area contributed by atoms with Crippen molar-refractivity contribution in [3.8, 4) is 22.9 Å². The van der Waals surface area contributed by atoms with E-state index in [-0.39, 0.29) is 0 Å². The van der Waals surface area contributed by atoms with Crippen LogP contribution in [0.3, 0.4) is 0 Å². The van der Waals surface area contributed by atoms with Crippen LogP contribution >= 0.6 is 0 Å². The summed E-state index contributed by atoms with van der Waals surface area (Å²) in [6.07, 6.45) is 0. The Labute approximate surface area is 180 Å². The largest absolute Gasteiger partial charge is 0.244 e. The summed E-state index contributed by atoms with van der Waals surface area (Å²) in [7, 11) is -3.01. The van der Waals surface area contributed by atoms with E-state index in [9.17, 15) is 0 Å². The molecule has 0 unspecified atom stereocenters. The number of fused-ring (bicyclic) bond motifs is 4. The molecule has 4 heteroatoms. The molecule has 0 aliphatic heterocycles. The number of benzene rings is 3. The molecule has 0 fully saturated rings. The molecule has 0 saturated heterocycles. The highest BCUT2D eigenvalue weighted by Crippen LogP contribution is 2.26. The van der Waals surface area contributed by atoms with Gasteiger partial charge in [0.2, 0.25) is 0 Å². The maximum Gasteiger partial charge on any atom is 0.129 e. The number of rotatable bonds is 0. The first kappa shape index (κ1) is 20.4. The lowest BCUT2D eigenvalue weighted by atomic mass is 10.1. The van der Waals surface area contributed by atoms with Gasteiger partial charge in [0, 0.05) is 16.5 Å². The van der Waals surface area contributed by atoms with Crippen LogP contribution in [0.5, 0.6) is 0 Å². The van der Waals surface area contributed by atoms with Gasteiger partial charge in [0.05, 0.1) is 22.1 Å². The first-order valence-corrected chi connectivity index (χ1v) is 17.3. The molecule has 0 spiro atoms. The third-order valence-electron chi connectivity index (χ3n) is 4.61. The van der Waals surface area contributed by atoms with Gasteiger partial charge in [-0.3, -0.25) is 0 Å². The molecule has 0 aliphatic carbocycles. The zero-order chi connectivity index (χ0) is 21.5. The predicted octanol–water partition coefficient (Wildman–Crippen LogP) is 6.39. The minimum Gasteiger partial charge on any atom is -0.244 e. The normalized spacial score (nSPS) is 11.8. The molecule has 4 rings (SSSR count). The smallest absolute Gasteiger partial charge is 0.129 e. The van der Waals surface area contributed by atoms with Crippen LogP contribution in [0.4, 0.5) is 0 Å². The van der Waals surface area contributed by atoms with Crippen molar-refractivity contribution in [2.75, 3.05) is 0 Å². The number of hydrogen-bond acceptors (Lipinski definition) is 2. The van der Waals surface area contributed by atoms with E-state index in [1.807, 2.05) is 6.07 Å². The Balaban J connectivity index is 2.01. The summed E-state index contributed by atoms with van der Waals surface area (Å²) >= 11 is 0. The summed E-state index contributed by atoms with van der Waals surface area (Å²) < 4.78 is 0. The summed E-state index contributed by atoms with van der Waals surface area (Å²) in [6, 6.07) is 16.6. The Morgan fingerprint density at radius 1 is 0.633 bits per heavy atom. The van der Waals surface area contributed by atoms with Crippen LogP contribution in [0, 0.1) is 22.9 Å². The lowest BCUT2D eigenvalue weighted by molar-refractivity contribution is 1.40. The minimum absolute atomic E-state index is 0.871. The SMILES string of the molecule is C[Si](C)(C)C#Cc1cc2nc3ccc4ccccc4c3nc2cc1C#C[Si](C)(C)C. The van der Waals surface area contributed by atoms with E-state index in [1.54, 1.807) is 0 Å². The Morgan fingerprint density at radius 3 is 1.80 bits per heavy atom. The van der Waals surface area contributed by atoms with E-state index in [1.165, 1.54) is 5.39 Å². The number of aromatic nitrogens is 2. The van der Waals surface area contributed by atoms with Crippen molar-refractivity contribution in [2.45, 2.75) is 39.3 Å². The van der Waals surface area contributed by atoms with E-state index in [4.69, 9.17) is 9.97 Å². The summed E-state index contributed by atoms with van der Waals surface area (Å²) in [6.45, 7) is 13.5. The van der Waals surface area contributed by atoms with Gasteiger partial charge in [0.25, 0.3) is 0 Å². The van der Waals surface area contributed by atoms with Crippen LogP contribution in [0.2, 0.25) is 39.3 Å². The molecule has 30 heavy (non-hydrogen) atoms. The average Bonchev–Trinajstić information content (AvgIpc) is 2.67. The van der Waals surface area contributed by atoms with Gasteiger partial charge in [-0.15, -0.1) is 11.1 Å². The van der Waals surface area contributed by atoms with Gasteiger partial charge in [-0.25, -0.2) is 9.97 Å². The predicted molar refractivity (Wildman–Crippen MR) is 135 cm³/mol. The van der Waals surface area contributed by atoms with Gasteiger partial charge in [-0.05, 0) is 23.6 Å². The Bertz CT molecular complexity index is 1420. The molecule has 0 saturated carbocycles. The maximum absolute atomic E-state index is 5.00. The van der Waals surface area contributed by atoms with E-state index >= 15 is 0 Å². The average molecular weight is 423 g/mol. The molecule has 0 N–H and O–H groups in total. The zero-order valence-electron chi connectivity index (χ0n) is 18.5. The van der Waals surface area contributed by atoms with Gasteiger partial charge < -0.3 is 0 Å². The second-order valence-electron chi connectivity index (χ2n) is 9.76. The first-order chi connectivity index (χ1) is 14.1. The van der Waals surface area contributed by atoms with Gasteiger partial charge in [0.15, 0.2) is 0 Å². The van der Waals surface area contributed by atoms with Crippen LogP contribution in [0.25, 0.3) is 32.8 Å². The fourth-order valence-electron chi connectivity index (χ4n) is 3.17. The highest BCUT2D eigenvalue weighted by atomic mass is 28.3. The summed E-state index contributed by atoms with van der Waals surface area (Å²) in [5, 5.41) is 2.30. The highest BCUT2D eigenvalue weighted by Gasteiger charge is 2.12. The molecular weight excluding hydrogens is 396 g/mol. The number of nitrogens with zero attached hydrogens (tertiary/aromatic N) is 2. The van der Waals surface area contributed by atoms with Crippen molar-refractivity contribution in [2.24, 2.45) is 0 Å². The molecule has 1 aromatic heterocycles. The van der Waals surface area contributed by atoms with Crippen LogP contribution in [0.1, 0.15) is 11.1 Å². The zero-order valence-corrected chi connectivity index (χ0v) is 20.5. The fourth-order valence-corrected chi connectivity index (χ4v) is 4.19. The van der Waals surface area contributed by atoms with Crippen LogP contribution in [-0.2, 0) is 0 Å². The third kappa shape index (κ3) is 4.46. The van der Waals surface area contributed by atoms with Crippen LogP contribution < -0.4 is 0 Å². The monoisotopic (exact) mass is 422 g/mol. The van der Waals surface area contributed by atoms with Crippen molar-refractivity contribution >= 4 is 49.0 Å². The van der Waals surface area contributed by atoms with E-state index in [2.05, 4.69) is 105 Å². The Kier molecular flexibility index (Phi) is 5.02. The maximum atomic E-state index is 5.00. The Hall–Kier alpha value is -2.93. The van der Waals surface area contributed by atoms with Crippen LogP contribution in [0.15, 0.2) is 48.5 Å². The minimum atomic E-state index is -1.51. The second kappa shape index (κ2) is 7.40. The van der Waals surface area contributed by atoms with Crippen LogP contribution in [-0.4, -0.2) is 26.1 Å². The molecule has 0 amide bonds. The topological polar surface area (TPSA) is 25.8 Å². The van der Waals surface area contributed by atoms with E-state index < -0.39 is 16.1 Å². The molecule has 148 valence electrons. The molecule has 0 bridgehead atoms. The van der Waals surface area contributed by atoms with Gasteiger partial charge in [-0.1, -0.05) is 81.5 Å². The first-order valence-electron chi connectivity index (χ1n) is 10.3. The van der Waals surface area contributed by atoms with E-state index in [0.717, 1.165) is 38.6 Å². The Morgan fingerprint density at radius 2 is 1.20 bits per heavy atom. The van der Waals surface area contributed by atoms with Crippen molar-refractivity contribution in [1.29, 1.82) is 0 Å². The molecule has 4 aromatic rings. The standard InChI is InChI=1S/C26H26N2Si2/c1-29(2,3)15-13-20-17-24-25(18-21(20)14-16-30(4,5)6)28-26-22-10-8-7-9-19(22)11-12-23(26)27-24/h7-12,17-18H,1-6H3. The molecule has 0 aliphatic rings. The van der Waals surface area contributed by atoms with Gasteiger partial charge in [0.1, 0.15) is 16.1 Å². The quantitative estimate of drug-likeness (QED) is 0.142. The number of hydrogen-bond donors (Lipinski definition) is 0. The molecule has 1 heterocycles.